The molecule has 30 heavy (non-hydrogen) atoms. The van der Waals surface area contributed by atoms with Crippen molar-refractivity contribution in [2.75, 3.05) is 6.54 Å². The fraction of sp³-hybridized carbons (Fsp3) is 0.286. The maximum Gasteiger partial charge on any atom is 0.449 e. The minimum absolute atomic E-state index is 0.209. The molecule has 0 bridgehead atoms. The monoisotopic (exact) mass is 430 g/mol. The van der Waals surface area contributed by atoms with Crippen molar-refractivity contribution >= 4 is 38.5 Å². The zero-order valence-corrected chi connectivity index (χ0v) is 16.6. The first-order valence-electron chi connectivity index (χ1n) is 9.59. The summed E-state index contributed by atoms with van der Waals surface area (Å²) in [6.07, 6.45) is -3.09. The SMILES string of the molecule is O=C(Cn1c(C(F)(F)F)nc2ccccc21)N1CCC[C@@H]1c1nc2ccccc2s1. The molecular formula is C21H17F3N4OS. The van der Waals surface area contributed by atoms with Gasteiger partial charge in [0.05, 0.1) is 27.3 Å². The Labute approximate surface area is 173 Å². The lowest BCUT2D eigenvalue weighted by molar-refractivity contribution is -0.148. The molecule has 2 aromatic heterocycles. The third kappa shape index (κ3) is 3.23. The predicted octanol–water partition coefficient (Wildman–Crippen LogP) is 5.03. The molecule has 0 radical (unpaired) electrons. The number of amides is 1. The number of hydrogen-bond donors (Lipinski definition) is 0. The van der Waals surface area contributed by atoms with E-state index in [2.05, 4.69) is 9.97 Å². The van der Waals surface area contributed by atoms with Gasteiger partial charge >= 0.3 is 6.18 Å². The maximum absolute atomic E-state index is 13.6. The van der Waals surface area contributed by atoms with Crippen LogP contribution in [0.25, 0.3) is 21.3 Å². The molecule has 0 N–H and O–H groups in total. The Kier molecular flexibility index (Phi) is 4.50. The van der Waals surface area contributed by atoms with Crippen molar-refractivity contribution in [3.8, 4) is 0 Å². The molecule has 0 spiro atoms. The van der Waals surface area contributed by atoms with Crippen LogP contribution >= 0.6 is 11.3 Å². The van der Waals surface area contributed by atoms with Gasteiger partial charge in [0.2, 0.25) is 11.7 Å². The number of halogens is 3. The van der Waals surface area contributed by atoms with Gasteiger partial charge in [0.1, 0.15) is 11.6 Å². The van der Waals surface area contributed by atoms with Gasteiger partial charge in [0.25, 0.3) is 0 Å². The van der Waals surface area contributed by atoms with Crippen LogP contribution < -0.4 is 0 Å². The van der Waals surface area contributed by atoms with Crippen molar-refractivity contribution in [3.63, 3.8) is 0 Å². The van der Waals surface area contributed by atoms with Gasteiger partial charge in [-0.05, 0) is 37.1 Å². The summed E-state index contributed by atoms with van der Waals surface area (Å²) in [7, 11) is 0. The Morgan fingerprint density at radius 2 is 1.80 bits per heavy atom. The molecule has 0 saturated carbocycles. The molecular weight excluding hydrogens is 413 g/mol. The van der Waals surface area contributed by atoms with E-state index in [9.17, 15) is 18.0 Å². The number of para-hydroxylation sites is 3. The lowest BCUT2D eigenvalue weighted by atomic mass is 10.2. The van der Waals surface area contributed by atoms with Crippen LogP contribution in [0.2, 0.25) is 0 Å². The molecule has 1 fully saturated rings. The summed E-state index contributed by atoms with van der Waals surface area (Å²) < 4.78 is 42.7. The number of imidazole rings is 1. The van der Waals surface area contributed by atoms with Gasteiger partial charge in [-0.1, -0.05) is 24.3 Å². The lowest BCUT2D eigenvalue weighted by Crippen LogP contribution is -2.34. The molecule has 3 heterocycles. The van der Waals surface area contributed by atoms with Crippen LogP contribution in [0, 0.1) is 0 Å². The first kappa shape index (κ1) is 19.0. The van der Waals surface area contributed by atoms with Crippen molar-refractivity contribution < 1.29 is 18.0 Å². The van der Waals surface area contributed by atoms with Gasteiger partial charge in [-0.25, -0.2) is 9.97 Å². The third-order valence-corrected chi connectivity index (χ3v) is 6.51. The molecule has 0 unspecified atom stereocenters. The Morgan fingerprint density at radius 1 is 1.07 bits per heavy atom. The quantitative estimate of drug-likeness (QED) is 0.458. The van der Waals surface area contributed by atoms with Crippen LogP contribution in [0.3, 0.4) is 0 Å². The second kappa shape index (κ2) is 7.09. The zero-order chi connectivity index (χ0) is 20.9. The molecule has 1 amide bonds. The standard InChI is InChI=1S/C21H17F3N4OS/c22-21(23,24)20-26-13-6-1-3-8-15(13)28(20)12-18(29)27-11-5-9-16(27)19-25-14-7-2-4-10-17(14)30-19/h1-4,6-8,10,16H,5,9,11-12H2/t16-/m1/s1. The third-order valence-electron chi connectivity index (χ3n) is 5.37. The molecule has 0 aliphatic carbocycles. The molecule has 1 saturated heterocycles. The molecule has 2 aromatic carbocycles. The van der Waals surface area contributed by atoms with Crippen molar-refractivity contribution in [1.82, 2.24) is 19.4 Å². The van der Waals surface area contributed by atoms with E-state index in [-0.39, 0.29) is 17.5 Å². The summed E-state index contributed by atoms with van der Waals surface area (Å²) in [6.45, 7) is 0.101. The van der Waals surface area contributed by atoms with E-state index >= 15 is 0 Å². The first-order chi connectivity index (χ1) is 14.4. The van der Waals surface area contributed by atoms with E-state index in [1.165, 1.54) is 17.4 Å². The van der Waals surface area contributed by atoms with Crippen molar-refractivity contribution in [2.24, 2.45) is 0 Å². The Morgan fingerprint density at radius 3 is 2.57 bits per heavy atom. The number of likely N-dealkylation sites (tertiary alicyclic amines) is 1. The fourth-order valence-corrected chi connectivity index (χ4v) is 5.15. The van der Waals surface area contributed by atoms with Gasteiger partial charge in [-0.3, -0.25) is 4.79 Å². The second-order valence-corrected chi connectivity index (χ2v) is 8.34. The number of benzene rings is 2. The highest BCUT2D eigenvalue weighted by atomic mass is 32.1. The summed E-state index contributed by atoms with van der Waals surface area (Å²) >= 11 is 1.53. The topological polar surface area (TPSA) is 51.0 Å². The summed E-state index contributed by atoms with van der Waals surface area (Å²) in [5, 5.41) is 0.827. The molecule has 5 rings (SSSR count). The van der Waals surface area contributed by atoms with E-state index in [4.69, 9.17) is 0 Å². The summed E-state index contributed by atoms with van der Waals surface area (Å²) in [5.74, 6) is -1.40. The maximum atomic E-state index is 13.6. The van der Waals surface area contributed by atoms with Crippen molar-refractivity contribution in [1.29, 1.82) is 0 Å². The van der Waals surface area contributed by atoms with Crippen molar-refractivity contribution in [2.45, 2.75) is 31.6 Å². The van der Waals surface area contributed by atoms with Crippen LogP contribution in [-0.4, -0.2) is 31.9 Å². The van der Waals surface area contributed by atoms with Crippen LogP contribution in [0.5, 0.6) is 0 Å². The first-order valence-corrected chi connectivity index (χ1v) is 10.4. The highest BCUT2D eigenvalue weighted by molar-refractivity contribution is 7.18. The van der Waals surface area contributed by atoms with E-state index in [1.54, 1.807) is 23.1 Å². The minimum Gasteiger partial charge on any atom is -0.332 e. The molecule has 4 aromatic rings. The number of aromatic nitrogens is 3. The van der Waals surface area contributed by atoms with Gasteiger partial charge in [0.15, 0.2) is 0 Å². The second-order valence-electron chi connectivity index (χ2n) is 7.27. The molecule has 9 heteroatoms. The number of rotatable bonds is 3. The molecule has 5 nitrogen and oxygen atoms in total. The van der Waals surface area contributed by atoms with E-state index < -0.39 is 18.5 Å². The van der Waals surface area contributed by atoms with Gasteiger partial charge in [-0.15, -0.1) is 11.3 Å². The Hall–Kier alpha value is -2.94. The summed E-state index contributed by atoms with van der Waals surface area (Å²) in [6, 6.07) is 13.9. The highest BCUT2D eigenvalue weighted by Crippen LogP contribution is 2.37. The smallest absolute Gasteiger partial charge is 0.332 e. The zero-order valence-electron chi connectivity index (χ0n) is 15.8. The summed E-state index contributed by atoms with van der Waals surface area (Å²) in [4.78, 5) is 23.2. The Bertz CT molecular complexity index is 1210. The number of alkyl halides is 3. The van der Waals surface area contributed by atoms with Gasteiger partial charge < -0.3 is 9.47 Å². The van der Waals surface area contributed by atoms with Crippen LogP contribution in [-0.2, 0) is 17.5 Å². The molecule has 1 atom stereocenters. The number of fused-ring (bicyclic) bond motifs is 2. The number of thiazole rings is 1. The van der Waals surface area contributed by atoms with E-state index in [0.717, 1.165) is 32.6 Å². The number of nitrogens with zero attached hydrogens (tertiary/aromatic N) is 4. The normalized spacial score (nSPS) is 17.3. The van der Waals surface area contributed by atoms with E-state index in [1.807, 2.05) is 24.3 Å². The average Bonchev–Trinajstić information content (AvgIpc) is 3.43. The van der Waals surface area contributed by atoms with Gasteiger partial charge in [-0.2, -0.15) is 13.2 Å². The average molecular weight is 430 g/mol. The number of carbonyl (C=O) groups excluding carboxylic acids is 1. The van der Waals surface area contributed by atoms with Crippen LogP contribution in [0.4, 0.5) is 13.2 Å². The number of hydrogen-bond acceptors (Lipinski definition) is 4. The van der Waals surface area contributed by atoms with Crippen LogP contribution in [0.1, 0.15) is 29.7 Å². The molecule has 1 aliphatic heterocycles. The van der Waals surface area contributed by atoms with Gasteiger partial charge in [0, 0.05) is 6.54 Å². The van der Waals surface area contributed by atoms with Crippen LogP contribution in [0.15, 0.2) is 48.5 Å². The molecule has 154 valence electrons. The lowest BCUT2D eigenvalue weighted by Gasteiger charge is -2.24. The fourth-order valence-electron chi connectivity index (χ4n) is 4.03. The number of carbonyl (C=O) groups is 1. The minimum atomic E-state index is -4.64. The predicted molar refractivity (Wildman–Crippen MR) is 108 cm³/mol. The van der Waals surface area contributed by atoms with Crippen molar-refractivity contribution in [3.05, 3.63) is 59.4 Å². The Balaban J connectivity index is 1.48. The largest absolute Gasteiger partial charge is 0.449 e. The summed E-state index contributed by atoms with van der Waals surface area (Å²) in [5.41, 5.74) is 1.40. The van der Waals surface area contributed by atoms with E-state index in [0.29, 0.717) is 12.1 Å². The highest BCUT2D eigenvalue weighted by Gasteiger charge is 2.39. The molecule has 1 aliphatic rings.